The lowest BCUT2D eigenvalue weighted by molar-refractivity contribution is -0.149. The van der Waals surface area contributed by atoms with Crippen molar-refractivity contribution in [3.8, 4) is 0 Å². The van der Waals surface area contributed by atoms with Crippen LogP contribution in [0.2, 0.25) is 0 Å². The summed E-state index contributed by atoms with van der Waals surface area (Å²) < 4.78 is 14.4. The number of unbranched alkanes of at least 4 members (excludes halogenated alkanes) is 2. The zero-order valence-electron chi connectivity index (χ0n) is 13.7. The monoisotopic (exact) mass is 344 g/mol. The predicted octanol–water partition coefficient (Wildman–Crippen LogP) is 1.62. The normalized spacial score (nSPS) is 9.83. The first-order valence-electron chi connectivity index (χ1n) is 7.78. The molecule has 8 heteroatoms. The van der Waals surface area contributed by atoms with E-state index in [0.29, 0.717) is 19.3 Å². The number of carboxylic acids is 1. The number of hydrogen-bond donors (Lipinski definition) is 1. The zero-order valence-corrected chi connectivity index (χ0v) is 13.7. The summed E-state index contributed by atoms with van der Waals surface area (Å²) in [6.07, 6.45) is 3.49. The molecular formula is C16H24O8. The van der Waals surface area contributed by atoms with Gasteiger partial charge in [0.1, 0.15) is 13.2 Å². The summed E-state index contributed by atoms with van der Waals surface area (Å²) in [5.41, 5.74) is 0. The zero-order chi connectivity index (χ0) is 18.2. The van der Waals surface area contributed by atoms with Crippen molar-refractivity contribution in [2.45, 2.75) is 44.9 Å². The first-order valence-corrected chi connectivity index (χ1v) is 7.78. The highest BCUT2D eigenvalue weighted by Gasteiger charge is 2.06. The van der Waals surface area contributed by atoms with E-state index in [4.69, 9.17) is 14.6 Å². The molecule has 0 aromatic carbocycles. The van der Waals surface area contributed by atoms with Gasteiger partial charge >= 0.3 is 23.9 Å². The number of aliphatic carboxylic acids is 1. The third kappa shape index (κ3) is 14.6. The fraction of sp³-hybridized carbons (Fsp3) is 0.625. The van der Waals surface area contributed by atoms with Crippen LogP contribution in [0, 0.1) is 0 Å². The maximum atomic E-state index is 11.4. The number of rotatable bonds is 14. The molecular weight excluding hydrogens is 320 g/mol. The lowest BCUT2D eigenvalue weighted by Gasteiger charge is -2.06. The molecule has 0 aliphatic rings. The molecule has 0 amide bonds. The molecule has 136 valence electrons. The first kappa shape index (κ1) is 21.6. The molecule has 0 aliphatic carbocycles. The Morgan fingerprint density at radius 2 is 1.33 bits per heavy atom. The molecule has 0 rings (SSSR count). The summed E-state index contributed by atoms with van der Waals surface area (Å²) in [4.78, 5) is 43.6. The fourth-order valence-corrected chi connectivity index (χ4v) is 1.62. The van der Waals surface area contributed by atoms with Gasteiger partial charge in [-0.3, -0.25) is 14.4 Å². The fourth-order valence-electron chi connectivity index (χ4n) is 1.62. The quantitative estimate of drug-likeness (QED) is 0.219. The smallest absolute Gasteiger partial charge is 0.330 e. The van der Waals surface area contributed by atoms with Gasteiger partial charge in [0.05, 0.1) is 6.61 Å². The van der Waals surface area contributed by atoms with Crippen LogP contribution in [0.3, 0.4) is 0 Å². The Morgan fingerprint density at radius 3 is 1.96 bits per heavy atom. The van der Waals surface area contributed by atoms with E-state index in [1.54, 1.807) is 0 Å². The minimum atomic E-state index is -0.937. The highest BCUT2D eigenvalue weighted by atomic mass is 16.6. The molecule has 0 unspecified atom stereocenters. The van der Waals surface area contributed by atoms with E-state index < -0.39 is 17.9 Å². The Labute approximate surface area is 140 Å². The Kier molecular flexibility index (Phi) is 12.8. The molecule has 0 fully saturated rings. The molecule has 0 spiro atoms. The average molecular weight is 344 g/mol. The lowest BCUT2D eigenvalue weighted by atomic mass is 10.2. The Hall–Kier alpha value is -2.38. The number of carboxylic acid groups (broad SMARTS) is 1. The van der Waals surface area contributed by atoms with Crippen molar-refractivity contribution in [1.29, 1.82) is 0 Å². The Bertz CT molecular complexity index is 430. The first-order chi connectivity index (χ1) is 11.5. The van der Waals surface area contributed by atoms with Crippen LogP contribution in [-0.2, 0) is 33.4 Å². The van der Waals surface area contributed by atoms with Crippen molar-refractivity contribution in [2.24, 2.45) is 0 Å². The van der Waals surface area contributed by atoms with Crippen LogP contribution in [-0.4, -0.2) is 48.8 Å². The van der Waals surface area contributed by atoms with E-state index in [9.17, 15) is 19.2 Å². The van der Waals surface area contributed by atoms with Gasteiger partial charge in [0.25, 0.3) is 0 Å². The standard InChI is InChI=1S/C16H24O8/c1-2-14(19)23-11-12-24-15(20)8-4-3-5-10-22-16(21)9-6-7-13(17)18/h2H,1,3-12H2,(H,17,18). The van der Waals surface area contributed by atoms with E-state index in [1.807, 2.05) is 0 Å². The van der Waals surface area contributed by atoms with Gasteiger partial charge in [-0.15, -0.1) is 0 Å². The second kappa shape index (κ2) is 14.2. The average Bonchev–Trinajstić information content (AvgIpc) is 2.54. The minimum absolute atomic E-state index is 0.00553. The molecule has 0 saturated carbocycles. The number of carbonyl (C=O) groups is 4. The molecule has 0 aliphatic heterocycles. The highest BCUT2D eigenvalue weighted by molar-refractivity contribution is 5.81. The van der Waals surface area contributed by atoms with Crippen LogP contribution in [0.5, 0.6) is 0 Å². The summed E-state index contributed by atoms with van der Waals surface area (Å²) in [7, 11) is 0. The van der Waals surface area contributed by atoms with E-state index >= 15 is 0 Å². The van der Waals surface area contributed by atoms with Crippen LogP contribution in [0.15, 0.2) is 12.7 Å². The van der Waals surface area contributed by atoms with Gasteiger partial charge in [-0.05, 0) is 25.7 Å². The van der Waals surface area contributed by atoms with E-state index in [2.05, 4.69) is 11.3 Å². The molecule has 0 aromatic rings. The number of ether oxygens (including phenoxy) is 3. The molecule has 8 nitrogen and oxygen atoms in total. The summed E-state index contributed by atoms with van der Waals surface area (Å²) in [5, 5.41) is 8.43. The third-order valence-corrected chi connectivity index (χ3v) is 2.82. The lowest BCUT2D eigenvalue weighted by Crippen LogP contribution is -2.12. The van der Waals surface area contributed by atoms with Crippen molar-refractivity contribution >= 4 is 23.9 Å². The van der Waals surface area contributed by atoms with E-state index in [-0.39, 0.29) is 51.5 Å². The van der Waals surface area contributed by atoms with E-state index in [0.717, 1.165) is 6.08 Å². The van der Waals surface area contributed by atoms with Crippen LogP contribution in [0.25, 0.3) is 0 Å². The number of hydrogen-bond acceptors (Lipinski definition) is 7. The number of carbonyl (C=O) groups excluding carboxylic acids is 3. The van der Waals surface area contributed by atoms with Gasteiger partial charge in [0.15, 0.2) is 0 Å². The maximum absolute atomic E-state index is 11.4. The van der Waals surface area contributed by atoms with Crippen LogP contribution in [0.1, 0.15) is 44.9 Å². The topological polar surface area (TPSA) is 116 Å². The van der Waals surface area contributed by atoms with Crippen molar-refractivity contribution < 1.29 is 38.5 Å². The molecule has 0 atom stereocenters. The van der Waals surface area contributed by atoms with Crippen LogP contribution < -0.4 is 0 Å². The Morgan fingerprint density at radius 1 is 0.750 bits per heavy atom. The molecule has 0 aromatic heterocycles. The molecule has 0 radical (unpaired) electrons. The Balaban J connectivity index is 3.41. The number of esters is 3. The molecule has 1 N–H and O–H groups in total. The van der Waals surface area contributed by atoms with Crippen molar-refractivity contribution in [2.75, 3.05) is 19.8 Å². The van der Waals surface area contributed by atoms with Gasteiger partial charge in [-0.2, -0.15) is 0 Å². The van der Waals surface area contributed by atoms with Gasteiger partial charge in [0.2, 0.25) is 0 Å². The van der Waals surface area contributed by atoms with Crippen molar-refractivity contribution in [1.82, 2.24) is 0 Å². The molecule has 0 heterocycles. The van der Waals surface area contributed by atoms with Gasteiger partial charge in [-0.25, -0.2) is 4.79 Å². The summed E-state index contributed by atoms with van der Waals surface area (Å²) in [6, 6.07) is 0. The van der Waals surface area contributed by atoms with Gasteiger partial charge in [0, 0.05) is 25.3 Å². The SMILES string of the molecule is C=CC(=O)OCCOC(=O)CCCCCOC(=O)CCCC(=O)O. The predicted molar refractivity (Wildman–Crippen MR) is 83.0 cm³/mol. The van der Waals surface area contributed by atoms with Crippen molar-refractivity contribution in [3.05, 3.63) is 12.7 Å². The molecule has 0 bridgehead atoms. The van der Waals surface area contributed by atoms with Gasteiger partial charge < -0.3 is 19.3 Å². The maximum Gasteiger partial charge on any atom is 0.330 e. The van der Waals surface area contributed by atoms with Crippen LogP contribution >= 0.6 is 0 Å². The summed E-state index contributed by atoms with van der Waals surface area (Å²) >= 11 is 0. The second-order valence-corrected chi connectivity index (χ2v) is 4.87. The van der Waals surface area contributed by atoms with Crippen LogP contribution in [0.4, 0.5) is 0 Å². The second-order valence-electron chi connectivity index (χ2n) is 4.87. The third-order valence-electron chi connectivity index (χ3n) is 2.82. The highest BCUT2D eigenvalue weighted by Crippen LogP contribution is 2.03. The largest absolute Gasteiger partial charge is 0.481 e. The molecule has 24 heavy (non-hydrogen) atoms. The minimum Gasteiger partial charge on any atom is -0.481 e. The van der Waals surface area contributed by atoms with Gasteiger partial charge in [-0.1, -0.05) is 6.58 Å². The van der Waals surface area contributed by atoms with Crippen molar-refractivity contribution in [3.63, 3.8) is 0 Å². The molecule has 0 saturated heterocycles. The summed E-state index contributed by atoms with van der Waals surface area (Å²) in [6.45, 7) is 3.48. The summed E-state index contributed by atoms with van der Waals surface area (Å²) in [5.74, 6) is -2.29. The van der Waals surface area contributed by atoms with E-state index in [1.165, 1.54) is 0 Å².